The van der Waals surface area contributed by atoms with E-state index in [0.29, 0.717) is 6.42 Å². The summed E-state index contributed by atoms with van der Waals surface area (Å²) in [6, 6.07) is 0. The number of unbranched alkanes of at least 4 members (excludes halogenated alkanes) is 10. The van der Waals surface area contributed by atoms with Crippen LogP contribution in [0, 0.1) is 0 Å². The Hall–Kier alpha value is -0.830. The van der Waals surface area contributed by atoms with Crippen molar-refractivity contribution in [2.75, 3.05) is 0 Å². The number of carboxylic acids is 1. The number of hydrogen-bond donors (Lipinski definition) is 2. The Kier molecular flexibility index (Phi) is 16.9. The van der Waals surface area contributed by atoms with Gasteiger partial charge in [0.25, 0.3) is 0 Å². The van der Waals surface area contributed by atoms with Gasteiger partial charge in [-0.05, 0) is 32.1 Å². The van der Waals surface area contributed by atoms with E-state index in [0.717, 1.165) is 44.9 Å². The highest BCUT2D eigenvalue weighted by Gasteiger charge is 2.00. The first-order chi connectivity index (χ1) is 11.2. The molecule has 0 aromatic carbocycles. The third-order valence-electron chi connectivity index (χ3n) is 4.23. The number of aliphatic hydroxyl groups is 1. The molecular weight excluding hydrogens is 288 g/mol. The minimum atomic E-state index is -0.678. The normalized spacial score (nSPS) is 12.8. The van der Waals surface area contributed by atoms with Gasteiger partial charge in [-0.3, -0.25) is 4.79 Å². The topological polar surface area (TPSA) is 57.5 Å². The van der Waals surface area contributed by atoms with E-state index in [4.69, 9.17) is 5.11 Å². The van der Waals surface area contributed by atoms with Crippen molar-refractivity contribution in [3.63, 3.8) is 0 Å². The summed E-state index contributed by atoms with van der Waals surface area (Å²) in [5, 5.41) is 18.4. The molecule has 0 amide bonds. The van der Waals surface area contributed by atoms with Crippen molar-refractivity contribution in [2.24, 2.45) is 0 Å². The fourth-order valence-electron chi connectivity index (χ4n) is 2.72. The van der Waals surface area contributed by atoms with Crippen LogP contribution in [-0.4, -0.2) is 22.3 Å². The summed E-state index contributed by atoms with van der Waals surface area (Å²) in [7, 11) is 0. The van der Waals surface area contributed by atoms with Crippen LogP contribution in [0.15, 0.2) is 12.2 Å². The maximum absolute atomic E-state index is 10.4. The Morgan fingerprint density at radius 1 is 0.870 bits per heavy atom. The number of aliphatic carboxylic acids is 1. The fraction of sp³-hybridized carbons (Fsp3) is 0.850. The zero-order chi connectivity index (χ0) is 17.2. The van der Waals surface area contributed by atoms with Crippen LogP contribution in [0.4, 0.5) is 0 Å². The largest absolute Gasteiger partial charge is 0.481 e. The van der Waals surface area contributed by atoms with E-state index < -0.39 is 5.97 Å². The van der Waals surface area contributed by atoms with Gasteiger partial charge in [0.15, 0.2) is 0 Å². The molecule has 0 saturated carbocycles. The van der Waals surface area contributed by atoms with Crippen molar-refractivity contribution in [1.82, 2.24) is 0 Å². The van der Waals surface area contributed by atoms with Gasteiger partial charge in [-0.15, -0.1) is 0 Å². The molecular formula is C20H38O3. The minimum Gasteiger partial charge on any atom is -0.481 e. The van der Waals surface area contributed by atoms with Crippen LogP contribution in [0.1, 0.15) is 103 Å². The molecule has 0 rings (SSSR count). The molecule has 0 saturated heterocycles. The van der Waals surface area contributed by atoms with Crippen LogP contribution in [0.3, 0.4) is 0 Å². The first-order valence-corrected chi connectivity index (χ1v) is 9.71. The molecule has 0 spiro atoms. The number of carbonyl (C=O) groups is 1. The molecule has 3 heteroatoms. The van der Waals surface area contributed by atoms with E-state index in [1.54, 1.807) is 0 Å². The molecule has 0 heterocycles. The first-order valence-electron chi connectivity index (χ1n) is 9.71. The molecule has 0 aliphatic rings. The third kappa shape index (κ3) is 19.1. The Morgan fingerprint density at radius 3 is 2.13 bits per heavy atom. The second-order valence-electron chi connectivity index (χ2n) is 6.62. The van der Waals surface area contributed by atoms with Gasteiger partial charge >= 0.3 is 5.97 Å². The summed E-state index contributed by atoms with van der Waals surface area (Å²) < 4.78 is 0. The van der Waals surface area contributed by atoms with E-state index in [1.165, 1.54) is 44.9 Å². The van der Waals surface area contributed by atoms with Crippen LogP contribution >= 0.6 is 0 Å². The molecule has 1 unspecified atom stereocenters. The van der Waals surface area contributed by atoms with Crippen LogP contribution in [0.25, 0.3) is 0 Å². The second-order valence-corrected chi connectivity index (χ2v) is 6.62. The molecule has 23 heavy (non-hydrogen) atoms. The molecule has 0 aromatic rings. The van der Waals surface area contributed by atoms with Crippen molar-refractivity contribution in [1.29, 1.82) is 0 Å². The lowest BCUT2D eigenvalue weighted by Crippen LogP contribution is -2.04. The number of aliphatic hydroxyl groups excluding tert-OH is 1. The molecule has 0 aliphatic heterocycles. The van der Waals surface area contributed by atoms with E-state index in [9.17, 15) is 9.90 Å². The van der Waals surface area contributed by atoms with E-state index >= 15 is 0 Å². The highest BCUT2D eigenvalue weighted by Crippen LogP contribution is 2.11. The van der Waals surface area contributed by atoms with Gasteiger partial charge in [-0.1, -0.05) is 76.9 Å². The van der Waals surface area contributed by atoms with Crippen molar-refractivity contribution in [3.8, 4) is 0 Å². The number of rotatable bonds is 17. The molecule has 1 atom stereocenters. The van der Waals surface area contributed by atoms with Crippen molar-refractivity contribution < 1.29 is 15.0 Å². The van der Waals surface area contributed by atoms with Gasteiger partial charge in [0.1, 0.15) is 0 Å². The van der Waals surface area contributed by atoms with Gasteiger partial charge in [0.05, 0.1) is 6.10 Å². The molecule has 0 aliphatic carbocycles. The summed E-state index contributed by atoms with van der Waals surface area (Å²) in [6.07, 6.45) is 20.2. The maximum atomic E-state index is 10.4. The molecule has 3 nitrogen and oxygen atoms in total. The van der Waals surface area contributed by atoms with E-state index in [2.05, 4.69) is 19.1 Å². The lowest BCUT2D eigenvalue weighted by Gasteiger charge is -2.07. The summed E-state index contributed by atoms with van der Waals surface area (Å²) in [5.41, 5.74) is 0. The van der Waals surface area contributed by atoms with E-state index in [-0.39, 0.29) is 6.10 Å². The van der Waals surface area contributed by atoms with Crippen molar-refractivity contribution in [3.05, 3.63) is 12.2 Å². The highest BCUT2D eigenvalue weighted by molar-refractivity contribution is 5.66. The predicted octanol–water partition coefficient (Wildman–Crippen LogP) is 5.86. The van der Waals surface area contributed by atoms with Crippen LogP contribution < -0.4 is 0 Å². The molecule has 0 aromatic heterocycles. The zero-order valence-electron chi connectivity index (χ0n) is 15.1. The summed E-state index contributed by atoms with van der Waals surface area (Å²) in [6.45, 7) is 2.21. The molecule has 0 radical (unpaired) electrons. The van der Waals surface area contributed by atoms with Crippen LogP contribution in [0.2, 0.25) is 0 Å². The quantitative estimate of drug-likeness (QED) is 0.260. The van der Waals surface area contributed by atoms with E-state index in [1.807, 2.05) is 0 Å². The van der Waals surface area contributed by atoms with Gasteiger partial charge in [-0.25, -0.2) is 0 Å². The monoisotopic (exact) mass is 326 g/mol. The zero-order valence-corrected chi connectivity index (χ0v) is 15.1. The summed E-state index contributed by atoms with van der Waals surface area (Å²) in [4.78, 5) is 10.4. The number of hydrogen-bond acceptors (Lipinski definition) is 2. The smallest absolute Gasteiger partial charge is 0.303 e. The van der Waals surface area contributed by atoms with Gasteiger partial charge in [0.2, 0.25) is 0 Å². The van der Waals surface area contributed by atoms with Gasteiger partial charge in [0, 0.05) is 6.42 Å². The highest BCUT2D eigenvalue weighted by atomic mass is 16.4. The predicted molar refractivity (Wildman–Crippen MR) is 97.7 cm³/mol. The standard InChI is InChI=1S/C20H38O3/c1-2-3-4-13-16-19(21)17-14-11-9-7-5-6-8-10-12-15-18-20(22)23/h11,14,19,21H,2-10,12-13,15-18H2,1H3,(H,22,23)/b14-11-. The summed E-state index contributed by atoms with van der Waals surface area (Å²) in [5.74, 6) is -0.678. The number of carboxylic acid groups (broad SMARTS) is 1. The number of allylic oxidation sites excluding steroid dienone is 1. The molecule has 0 bridgehead atoms. The molecule has 2 N–H and O–H groups in total. The van der Waals surface area contributed by atoms with Crippen molar-refractivity contribution >= 4 is 5.97 Å². The first kappa shape index (κ1) is 22.2. The lowest BCUT2D eigenvalue weighted by molar-refractivity contribution is -0.137. The van der Waals surface area contributed by atoms with Crippen LogP contribution in [-0.2, 0) is 4.79 Å². The van der Waals surface area contributed by atoms with Crippen molar-refractivity contribution in [2.45, 2.75) is 109 Å². The van der Waals surface area contributed by atoms with Crippen LogP contribution in [0.5, 0.6) is 0 Å². The lowest BCUT2D eigenvalue weighted by atomic mass is 10.1. The third-order valence-corrected chi connectivity index (χ3v) is 4.23. The van der Waals surface area contributed by atoms with Gasteiger partial charge in [-0.2, -0.15) is 0 Å². The minimum absolute atomic E-state index is 0.158. The average molecular weight is 327 g/mol. The fourth-order valence-corrected chi connectivity index (χ4v) is 2.72. The van der Waals surface area contributed by atoms with Gasteiger partial charge < -0.3 is 10.2 Å². The maximum Gasteiger partial charge on any atom is 0.303 e. The Morgan fingerprint density at radius 2 is 1.48 bits per heavy atom. The molecule has 136 valence electrons. The SMILES string of the molecule is CCCCCCC(O)C/C=C\CCCCCCCCCC(=O)O. The summed E-state index contributed by atoms with van der Waals surface area (Å²) >= 11 is 0. The Balaban J connectivity index is 3.23. The Labute approximate surface area is 143 Å². The molecule has 0 fully saturated rings. The second kappa shape index (κ2) is 17.5. The average Bonchev–Trinajstić information content (AvgIpc) is 2.52. The Bertz CT molecular complexity index is 287.